The van der Waals surface area contributed by atoms with Gasteiger partial charge in [-0.2, -0.15) is 0 Å². The molecule has 2 aromatic rings. The first kappa shape index (κ1) is 13.7. The maximum absolute atomic E-state index is 11.4. The van der Waals surface area contributed by atoms with Gasteiger partial charge in [-0.05, 0) is 12.1 Å². The van der Waals surface area contributed by atoms with Gasteiger partial charge < -0.3 is 21.3 Å². The minimum atomic E-state index is -0.290. The van der Waals surface area contributed by atoms with E-state index in [-0.39, 0.29) is 12.1 Å². The monoisotopic (exact) mass is 272 g/mol. The number of carbonyl (C=O) groups is 2. The summed E-state index contributed by atoms with van der Waals surface area (Å²) in [6.07, 6.45) is 0. The van der Waals surface area contributed by atoms with Crippen LogP contribution >= 0.6 is 0 Å². The molecule has 4 amide bonds. The first-order valence-electron chi connectivity index (χ1n) is 6.15. The van der Waals surface area contributed by atoms with Crippen molar-refractivity contribution in [1.29, 1.82) is 0 Å². The van der Waals surface area contributed by atoms with Gasteiger partial charge >= 0.3 is 12.1 Å². The van der Waals surface area contributed by atoms with Gasteiger partial charge in [0.15, 0.2) is 0 Å². The zero-order valence-electron chi connectivity index (χ0n) is 11.3. The van der Waals surface area contributed by atoms with Gasteiger partial charge in [-0.15, -0.1) is 0 Å². The Balaban J connectivity index is 2.46. The largest absolute Gasteiger partial charge is 0.341 e. The maximum Gasteiger partial charge on any atom is 0.318 e. The summed E-state index contributed by atoms with van der Waals surface area (Å²) >= 11 is 0. The fraction of sp³-hybridized carbons (Fsp3) is 0.143. The quantitative estimate of drug-likeness (QED) is 0.676. The number of anilines is 2. The molecule has 0 spiro atoms. The molecule has 6 nitrogen and oxygen atoms in total. The normalized spacial score (nSPS) is 9.90. The summed E-state index contributed by atoms with van der Waals surface area (Å²) < 4.78 is 0. The van der Waals surface area contributed by atoms with Crippen molar-refractivity contribution in [3.63, 3.8) is 0 Å². The number of nitrogens with one attached hydrogen (secondary N) is 4. The van der Waals surface area contributed by atoms with Crippen LogP contribution < -0.4 is 21.3 Å². The van der Waals surface area contributed by atoms with Crippen LogP contribution in [0.15, 0.2) is 36.4 Å². The van der Waals surface area contributed by atoms with E-state index in [9.17, 15) is 9.59 Å². The van der Waals surface area contributed by atoms with Crippen molar-refractivity contribution in [3.8, 4) is 0 Å². The molecule has 2 rings (SSSR count). The lowest BCUT2D eigenvalue weighted by atomic mass is 10.1. The van der Waals surface area contributed by atoms with Crippen molar-refractivity contribution in [2.45, 2.75) is 0 Å². The number of rotatable bonds is 2. The van der Waals surface area contributed by atoms with E-state index >= 15 is 0 Å². The van der Waals surface area contributed by atoms with Crippen molar-refractivity contribution < 1.29 is 9.59 Å². The van der Waals surface area contributed by atoms with Crippen LogP contribution in [-0.2, 0) is 0 Å². The topological polar surface area (TPSA) is 82.3 Å². The first-order chi connectivity index (χ1) is 9.65. The molecule has 0 saturated carbocycles. The van der Waals surface area contributed by atoms with Gasteiger partial charge in [-0.1, -0.05) is 24.3 Å². The van der Waals surface area contributed by atoms with Crippen LogP contribution in [0.1, 0.15) is 0 Å². The van der Waals surface area contributed by atoms with Crippen molar-refractivity contribution in [1.82, 2.24) is 10.6 Å². The van der Waals surface area contributed by atoms with Crippen LogP contribution in [0.2, 0.25) is 0 Å². The molecule has 104 valence electrons. The highest BCUT2D eigenvalue weighted by molar-refractivity contribution is 6.08. The molecule has 0 aliphatic carbocycles. The summed E-state index contributed by atoms with van der Waals surface area (Å²) in [4.78, 5) is 22.9. The first-order valence-corrected chi connectivity index (χ1v) is 6.15. The summed E-state index contributed by atoms with van der Waals surface area (Å²) in [5, 5.41) is 12.2. The molecule has 0 atom stereocenters. The van der Waals surface area contributed by atoms with E-state index in [1.807, 2.05) is 24.3 Å². The molecule has 2 aromatic carbocycles. The summed E-state index contributed by atoms with van der Waals surface area (Å²) in [6, 6.07) is 10.4. The predicted molar refractivity (Wildman–Crippen MR) is 80.1 cm³/mol. The SMILES string of the molecule is CNC(=O)Nc1cccc2c(NC(=O)NC)cccc12. The summed E-state index contributed by atoms with van der Waals surface area (Å²) in [6.45, 7) is 0. The molecule has 0 aliphatic rings. The van der Waals surface area contributed by atoms with E-state index in [0.717, 1.165) is 10.8 Å². The highest BCUT2D eigenvalue weighted by atomic mass is 16.2. The molecule has 4 N–H and O–H groups in total. The van der Waals surface area contributed by atoms with Crippen LogP contribution in [0.3, 0.4) is 0 Å². The number of amides is 4. The lowest BCUT2D eigenvalue weighted by molar-refractivity contribution is 0.253. The molecule has 0 fully saturated rings. The minimum Gasteiger partial charge on any atom is -0.341 e. The second-order valence-corrected chi connectivity index (χ2v) is 4.11. The van der Waals surface area contributed by atoms with Gasteiger partial charge in [0.05, 0.1) is 11.4 Å². The number of carbonyl (C=O) groups excluding carboxylic acids is 2. The highest BCUT2D eigenvalue weighted by Gasteiger charge is 2.08. The van der Waals surface area contributed by atoms with Gasteiger partial charge in [0.1, 0.15) is 0 Å². The van der Waals surface area contributed by atoms with Gasteiger partial charge in [-0.3, -0.25) is 0 Å². The fourth-order valence-corrected chi connectivity index (χ4v) is 1.90. The standard InChI is InChI=1S/C14H16N4O2/c1-15-13(19)17-11-7-3-6-10-9(11)5-4-8-12(10)18-14(20)16-2/h3-8H,1-2H3,(H2,15,17,19)(H2,16,18,20). The third-order valence-corrected chi connectivity index (χ3v) is 2.87. The van der Waals surface area contributed by atoms with E-state index in [1.165, 1.54) is 0 Å². The van der Waals surface area contributed by atoms with Gasteiger partial charge in [0, 0.05) is 24.9 Å². The highest BCUT2D eigenvalue weighted by Crippen LogP contribution is 2.29. The van der Waals surface area contributed by atoms with E-state index in [2.05, 4.69) is 21.3 Å². The zero-order chi connectivity index (χ0) is 14.5. The van der Waals surface area contributed by atoms with Crippen LogP contribution in [0.4, 0.5) is 21.0 Å². The summed E-state index contributed by atoms with van der Waals surface area (Å²) in [5.74, 6) is 0. The molecular weight excluding hydrogens is 256 g/mol. The van der Waals surface area contributed by atoms with Crippen LogP contribution in [0.25, 0.3) is 10.8 Å². The molecule has 0 aromatic heterocycles. The average molecular weight is 272 g/mol. The summed E-state index contributed by atoms with van der Waals surface area (Å²) in [5.41, 5.74) is 1.37. The van der Waals surface area contributed by atoms with E-state index in [1.54, 1.807) is 26.2 Å². The lowest BCUT2D eigenvalue weighted by Gasteiger charge is -2.12. The van der Waals surface area contributed by atoms with E-state index < -0.39 is 0 Å². The molecule has 0 unspecified atom stereocenters. The van der Waals surface area contributed by atoms with Gasteiger partial charge in [0.2, 0.25) is 0 Å². The number of benzene rings is 2. The number of urea groups is 2. The molecule has 6 heteroatoms. The minimum absolute atomic E-state index is 0.290. The smallest absolute Gasteiger partial charge is 0.318 e. The molecule has 0 radical (unpaired) electrons. The van der Waals surface area contributed by atoms with Crippen LogP contribution in [0.5, 0.6) is 0 Å². The molecule has 0 heterocycles. The second-order valence-electron chi connectivity index (χ2n) is 4.11. The number of hydrogen-bond donors (Lipinski definition) is 4. The molecule has 0 aliphatic heterocycles. The van der Waals surface area contributed by atoms with Crippen molar-refractivity contribution in [2.24, 2.45) is 0 Å². The van der Waals surface area contributed by atoms with Crippen LogP contribution in [0, 0.1) is 0 Å². The predicted octanol–water partition coefficient (Wildman–Crippen LogP) is 2.34. The Labute approximate surface area is 116 Å². The van der Waals surface area contributed by atoms with Crippen LogP contribution in [-0.4, -0.2) is 26.2 Å². The maximum atomic E-state index is 11.4. The van der Waals surface area contributed by atoms with Gasteiger partial charge in [-0.25, -0.2) is 9.59 Å². The van der Waals surface area contributed by atoms with Gasteiger partial charge in [0.25, 0.3) is 0 Å². The molecule has 0 saturated heterocycles. The Hall–Kier alpha value is -2.76. The average Bonchev–Trinajstić information content (AvgIpc) is 2.47. The third kappa shape index (κ3) is 2.80. The lowest BCUT2D eigenvalue weighted by Crippen LogP contribution is -2.25. The fourth-order valence-electron chi connectivity index (χ4n) is 1.90. The second kappa shape index (κ2) is 5.92. The van der Waals surface area contributed by atoms with E-state index in [0.29, 0.717) is 11.4 Å². The van der Waals surface area contributed by atoms with Crippen molar-refractivity contribution >= 4 is 34.2 Å². The van der Waals surface area contributed by atoms with Crippen molar-refractivity contribution in [3.05, 3.63) is 36.4 Å². The molecule has 0 bridgehead atoms. The number of hydrogen-bond acceptors (Lipinski definition) is 2. The molecular formula is C14H16N4O2. The Kier molecular flexibility index (Phi) is 4.05. The third-order valence-electron chi connectivity index (χ3n) is 2.87. The number of fused-ring (bicyclic) bond motifs is 1. The van der Waals surface area contributed by atoms with Crippen molar-refractivity contribution in [2.75, 3.05) is 24.7 Å². The van der Waals surface area contributed by atoms with E-state index in [4.69, 9.17) is 0 Å². The Morgan fingerprint density at radius 3 is 1.50 bits per heavy atom. The summed E-state index contributed by atoms with van der Waals surface area (Å²) in [7, 11) is 3.11. The Morgan fingerprint density at radius 2 is 1.15 bits per heavy atom. The Morgan fingerprint density at radius 1 is 0.750 bits per heavy atom. The zero-order valence-corrected chi connectivity index (χ0v) is 11.3. The Bertz CT molecular complexity index is 597. The molecule has 20 heavy (non-hydrogen) atoms.